The fraction of sp³-hybridized carbons (Fsp3) is 0.294. The van der Waals surface area contributed by atoms with Crippen molar-refractivity contribution in [1.82, 2.24) is 0 Å². The maximum atomic E-state index is 8.12. The van der Waals surface area contributed by atoms with Gasteiger partial charge in [0.1, 0.15) is 0 Å². The second kappa shape index (κ2) is 16.7. The molecule has 0 aromatic heterocycles. The molecule has 0 amide bonds. The molecular weight excluding hydrogens is 357 g/mol. The maximum absolute atomic E-state index is 8.12. The molecule has 0 saturated heterocycles. The van der Waals surface area contributed by atoms with Crippen LogP contribution in [0.1, 0.15) is 13.8 Å². The van der Waals surface area contributed by atoms with E-state index in [4.69, 9.17) is 9.59 Å². The third-order valence-corrected chi connectivity index (χ3v) is 1.66. The van der Waals surface area contributed by atoms with Crippen LogP contribution in [0.5, 0.6) is 0 Å². The summed E-state index contributed by atoms with van der Waals surface area (Å²) in [5.74, 6) is 2.69. The Balaban J connectivity index is -0.000000209. The van der Waals surface area contributed by atoms with Gasteiger partial charge in [0.05, 0.1) is 0 Å². The fourth-order valence-corrected chi connectivity index (χ4v) is 0.940. The summed E-state index contributed by atoms with van der Waals surface area (Å²) in [6.07, 6.45) is 16.7. The Bertz CT molecular complexity index is 214. The van der Waals surface area contributed by atoms with Gasteiger partial charge in [-0.1, -0.05) is 33.5 Å². The maximum Gasteiger partial charge on any atom is 0.373 e. The molecule has 2 aliphatic rings. The van der Waals surface area contributed by atoms with Crippen molar-refractivity contribution in [3.8, 4) is 0 Å². The summed E-state index contributed by atoms with van der Waals surface area (Å²) in [5, 5.41) is 0. The molecule has 0 aliphatic heterocycles. The largest absolute Gasteiger partial charge is 0.373 e. The third kappa shape index (κ3) is 33.3. The summed E-state index contributed by atoms with van der Waals surface area (Å²) in [4.78, 5) is 16.2. The number of hydrogen-bond acceptors (Lipinski definition) is 2. The fourth-order valence-electron chi connectivity index (χ4n) is 0.940. The Morgan fingerprint density at radius 3 is 1.00 bits per heavy atom. The Kier molecular flexibility index (Phi) is 20.9. The molecule has 0 aromatic rings. The average Bonchev–Trinajstić information content (AvgIpc) is 2.91. The van der Waals surface area contributed by atoms with Gasteiger partial charge in [0.15, 0.2) is 0 Å². The van der Waals surface area contributed by atoms with Gasteiger partial charge in [-0.3, -0.25) is 0 Å². The molecule has 0 bridgehead atoms. The second-order valence-electron chi connectivity index (χ2n) is 5.57. The molecule has 0 N–H and O–H groups in total. The molecule has 2 nitrogen and oxygen atoms in total. The molecule has 2 rings (SSSR count). The average molecular weight is 382 g/mol. The molecule has 11 radical (unpaired) electrons. The zero-order chi connectivity index (χ0) is 16.0. The van der Waals surface area contributed by atoms with Crippen molar-refractivity contribution in [3.63, 3.8) is 0 Å². The topological polar surface area (TPSA) is 34.1 Å². The minimum Gasteiger partial charge on any atom is -0.342 e. The van der Waals surface area contributed by atoms with Crippen LogP contribution < -0.4 is 0 Å². The van der Waals surface area contributed by atoms with Gasteiger partial charge in [-0.25, -0.2) is 0 Å². The first kappa shape index (κ1) is 26.2. The molecule has 21 heavy (non-hydrogen) atoms. The minimum absolute atomic E-state index is 0. The number of rotatable bonds is 0. The molecular formula is C17H25NbO2Si-. The molecule has 2 saturated carbocycles. The Labute approximate surface area is 149 Å². The van der Waals surface area contributed by atoms with Gasteiger partial charge in [0.25, 0.3) is 0 Å². The van der Waals surface area contributed by atoms with Gasteiger partial charge >= 0.3 is 6.15 Å². The van der Waals surface area contributed by atoms with E-state index in [0.717, 1.165) is 0 Å². The predicted octanol–water partition coefficient (Wildman–Crippen LogP) is 3.93. The summed E-state index contributed by atoms with van der Waals surface area (Å²) in [5.41, 5.74) is 0. The zero-order valence-electron chi connectivity index (χ0n) is 13.6. The van der Waals surface area contributed by atoms with E-state index in [1.165, 1.54) is 11.8 Å². The number of hydrogen-bond donors (Lipinski definition) is 0. The third-order valence-electron chi connectivity index (χ3n) is 1.66. The minimum atomic E-state index is -0.861. The molecule has 2 fully saturated rings. The summed E-state index contributed by atoms with van der Waals surface area (Å²) < 4.78 is 0. The second-order valence-corrected chi connectivity index (χ2v) is 10.7. The van der Waals surface area contributed by atoms with E-state index in [1.54, 1.807) is 0 Å². The normalized spacial score (nSPS) is 17.8. The van der Waals surface area contributed by atoms with Crippen LogP contribution in [0.15, 0.2) is 0 Å². The van der Waals surface area contributed by atoms with Gasteiger partial charge in [0, 0.05) is 22.4 Å². The van der Waals surface area contributed by atoms with Gasteiger partial charge < -0.3 is 6.55 Å². The van der Waals surface area contributed by atoms with E-state index < -0.39 is 8.07 Å². The first-order chi connectivity index (χ1) is 9.20. The van der Waals surface area contributed by atoms with Gasteiger partial charge in [0.2, 0.25) is 0 Å². The van der Waals surface area contributed by atoms with Crippen LogP contribution >= 0.6 is 0 Å². The predicted molar refractivity (Wildman–Crippen MR) is 85.9 cm³/mol. The van der Waals surface area contributed by atoms with Crippen molar-refractivity contribution in [2.24, 2.45) is 0 Å². The molecule has 0 atom stereocenters. The Hall–Kier alpha value is 0.337. The first-order valence-corrected chi connectivity index (χ1v) is 10.1. The van der Waals surface area contributed by atoms with Crippen LogP contribution in [0.4, 0.5) is 0 Å². The molecule has 2 aliphatic carbocycles. The van der Waals surface area contributed by atoms with E-state index in [2.05, 4.69) is 65.7 Å². The van der Waals surface area contributed by atoms with E-state index >= 15 is 0 Å². The Morgan fingerprint density at radius 1 is 0.810 bits per heavy atom. The van der Waals surface area contributed by atoms with Crippen LogP contribution in [0, 0.1) is 69.7 Å². The summed E-state index contributed by atoms with van der Waals surface area (Å²) in [6, 6.07) is 0. The zero-order valence-corrected chi connectivity index (χ0v) is 16.8. The van der Waals surface area contributed by atoms with Crippen LogP contribution in [0.25, 0.3) is 0 Å². The molecule has 0 aromatic carbocycles. The van der Waals surface area contributed by atoms with E-state index in [0.29, 0.717) is 0 Å². The van der Waals surface area contributed by atoms with Crippen molar-refractivity contribution in [3.05, 3.63) is 69.7 Å². The molecule has 115 valence electrons. The molecule has 0 heterocycles. The van der Waals surface area contributed by atoms with Crippen LogP contribution in [-0.2, 0) is 32.0 Å². The summed E-state index contributed by atoms with van der Waals surface area (Å²) >= 11 is 0. The first-order valence-electron chi connectivity index (χ1n) is 6.42. The van der Waals surface area contributed by atoms with Crippen molar-refractivity contribution >= 4 is 14.2 Å². The molecule has 0 unspecified atom stereocenters. The van der Waals surface area contributed by atoms with E-state index in [1.807, 2.05) is 25.7 Å². The molecule has 4 heteroatoms. The van der Waals surface area contributed by atoms with Crippen molar-refractivity contribution in [1.29, 1.82) is 0 Å². The quantitative estimate of drug-likeness (QED) is 0.470. The van der Waals surface area contributed by atoms with Crippen molar-refractivity contribution in [2.45, 2.75) is 33.5 Å². The van der Waals surface area contributed by atoms with Crippen LogP contribution in [0.3, 0.4) is 0 Å². The SMILES string of the molecule is C[C]1[CH][CH][CH][CH]1.C[C]1[CH][CH][CH][CH]1.O=C=O.[CH2-][Si](C)(C)C.[Nb]. The van der Waals surface area contributed by atoms with E-state index in [9.17, 15) is 0 Å². The summed E-state index contributed by atoms with van der Waals surface area (Å²) in [7, 11) is -0.861. The van der Waals surface area contributed by atoms with Gasteiger partial charge in [-0.15, -0.1) is 8.07 Å². The number of carbonyl (C=O) groups excluding carboxylic acids is 2. The van der Waals surface area contributed by atoms with Crippen LogP contribution in [-0.4, -0.2) is 14.2 Å². The Morgan fingerprint density at radius 2 is 0.952 bits per heavy atom. The molecule has 0 spiro atoms. The monoisotopic (exact) mass is 382 g/mol. The van der Waals surface area contributed by atoms with Crippen molar-refractivity contribution < 1.29 is 32.0 Å². The van der Waals surface area contributed by atoms with E-state index in [-0.39, 0.29) is 28.5 Å². The standard InChI is InChI=1S/2C6H7.C4H11Si.CO2.Nb/c2*1-6-4-2-3-5-6;1-5(2,3)4;2-1-3;/h2*2-5H,1H3;1H2,2-4H3;;/q;;-1;;. The van der Waals surface area contributed by atoms with Gasteiger partial charge in [-0.05, 0) is 63.2 Å². The van der Waals surface area contributed by atoms with Gasteiger partial charge in [-0.2, -0.15) is 9.59 Å². The van der Waals surface area contributed by atoms with Crippen LogP contribution in [0.2, 0.25) is 19.6 Å². The summed E-state index contributed by atoms with van der Waals surface area (Å²) in [6.45, 7) is 14.7. The smallest absolute Gasteiger partial charge is 0.342 e. The van der Waals surface area contributed by atoms with Crippen molar-refractivity contribution in [2.75, 3.05) is 0 Å².